The average molecular weight is 177 g/mol. The third-order valence-corrected chi connectivity index (χ3v) is 1.29. The van der Waals surface area contributed by atoms with Gasteiger partial charge in [-0.25, -0.2) is 4.79 Å². The molecule has 72 valence electrons. The zero-order valence-electron chi connectivity index (χ0n) is 7.36. The number of carboxylic acid groups (broad SMARTS) is 1. The zero-order valence-corrected chi connectivity index (χ0v) is 7.36. The van der Waals surface area contributed by atoms with Crippen molar-refractivity contribution in [3.8, 4) is 0 Å². The van der Waals surface area contributed by atoms with Crippen molar-refractivity contribution in [3.05, 3.63) is 0 Å². The number of aliphatic hydroxyl groups is 1. The molecule has 12 heavy (non-hydrogen) atoms. The summed E-state index contributed by atoms with van der Waals surface area (Å²) in [7, 11) is 3.81. The van der Waals surface area contributed by atoms with Crippen LogP contribution in [-0.4, -0.2) is 48.2 Å². The summed E-state index contributed by atoms with van der Waals surface area (Å²) in [6.07, 6.45) is -1.58. The molecule has 0 fully saturated rings. The van der Waals surface area contributed by atoms with Crippen molar-refractivity contribution in [3.63, 3.8) is 0 Å². The van der Waals surface area contributed by atoms with Crippen molar-refractivity contribution in [1.82, 2.24) is 4.90 Å². The third kappa shape index (κ3) is 7.30. The molecule has 0 aliphatic heterocycles. The van der Waals surface area contributed by atoms with Crippen LogP contribution in [0, 0.1) is 0 Å². The molecule has 2 N–H and O–H groups in total. The number of hydrogen-bond acceptors (Lipinski definition) is 4. The first-order valence-corrected chi connectivity index (χ1v) is 3.74. The summed E-state index contributed by atoms with van der Waals surface area (Å²) >= 11 is 0. The van der Waals surface area contributed by atoms with E-state index in [-0.39, 0.29) is 0 Å². The number of aliphatic hydroxyl groups excluding tert-OH is 1. The molecule has 0 aliphatic rings. The molecule has 0 saturated heterocycles. The van der Waals surface area contributed by atoms with Gasteiger partial charge in [0.05, 0.1) is 0 Å². The SMILES string of the molecule is CN(C)CCCC(O)OC(=O)O. The summed E-state index contributed by atoms with van der Waals surface area (Å²) in [6, 6.07) is 0. The second-order valence-electron chi connectivity index (χ2n) is 2.78. The van der Waals surface area contributed by atoms with Crippen LogP contribution < -0.4 is 0 Å². The molecule has 5 nitrogen and oxygen atoms in total. The number of carbonyl (C=O) groups is 1. The third-order valence-electron chi connectivity index (χ3n) is 1.29. The minimum atomic E-state index is -1.44. The van der Waals surface area contributed by atoms with E-state index in [0.717, 1.165) is 6.54 Å². The Bertz CT molecular complexity index is 137. The fraction of sp³-hybridized carbons (Fsp3) is 0.857. The molecule has 0 radical (unpaired) electrons. The Balaban J connectivity index is 3.31. The van der Waals surface area contributed by atoms with Gasteiger partial charge in [-0.15, -0.1) is 0 Å². The molecule has 1 unspecified atom stereocenters. The highest BCUT2D eigenvalue weighted by Gasteiger charge is 2.08. The summed E-state index contributed by atoms with van der Waals surface area (Å²) in [5, 5.41) is 17.0. The van der Waals surface area contributed by atoms with Crippen LogP contribution in [-0.2, 0) is 4.74 Å². The Kier molecular flexibility index (Phi) is 5.40. The van der Waals surface area contributed by atoms with Crippen molar-refractivity contribution in [1.29, 1.82) is 0 Å². The van der Waals surface area contributed by atoms with Crippen molar-refractivity contribution >= 4 is 6.16 Å². The number of nitrogens with zero attached hydrogens (tertiary/aromatic N) is 1. The molecular weight excluding hydrogens is 162 g/mol. The van der Waals surface area contributed by atoms with Crippen LogP contribution in [0.5, 0.6) is 0 Å². The van der Waals surface area contributed by atoms with Gasteiger partial charge >= 0.3 is 6.16 Å². The Hall–Kier alpha value is -0.810. The number of hydrogen-bond donors (Lipinski definition) is 2. The molecule has 0 amide bonds. The maximum absolute atomic E-state index is 9.91. The maximum atomic E-state index is 9.91. The highest BCUT2D eigenvalue weighted by molar-refractivity contribution is 5.56. The second kappa shape index (κ2) is 5.79. The van der Waals surface area contributed by atoms with Gasteiger partial charge in [0.15, 0.2) is 0 Å². The van der Waals surface area contributed by atoms with E-state index in [1.165, 1.54) is 0 Å². The monoisotopic (exact) mass is 177 g/mol. The van der Waals surface area contributed by atoms with Crippen molar-refractivity contribution in [2.75, 3.05) is 20.6 Å². The molecule has 1 atom stereocenters. The highest BCUT2D eigenvalue weighted by atomic mass is 16.7. The second-order valence-corrected chi connectivity index (χ2v) is 2.78. The summed E-state index contributed by atoms with van der Waals surface area (Å²) in [5.74, 6) is 0. The molecular formula is C7H15NO4. The summed E-state index contributed by atoms with van der Waals surface area (Å²) < 4.78 is 4.09. The van der Waals surface area contributed by atoms with Crippen LogP contribution in [0.25, 0.3) is 0 Å². The summed E-state index contributed by atoms with van der Waals surface area (Å²) in [4.78, 5) is 11.9. The highest BCUT2D eigenvalue weighted by Crippen LogP contribution is 1.99. The lowest BCUT2D eigenvalue weighted by Gasteiger charge is -2.11. The van der Waals surface area contributed by atoms with E-state index in [9.17, 15) is 4.79 Å². The van der Waals surface area contributed by atoms with E-state index >= 15 is 0 Å². The van der Waals surface area contributed by atoms with Crippen LogP contribution >= 0.6 is 0 Å². The van der Waals surface area contributed by atoms with Gasteiger partial charge in [-0.1, -0.05) is 0 Å². The number of ether oxygens (including phenoxy) is 1. The van der Waals surface area contributed by atoms with Gasteiger partial charge < -0.3 is 19.8 Å². The zero-order chi connectivity index (χ0) is 9.56. The lowest BCUT2D eigenvalue weighted by atomic mass is 10.3. The maximum Gasteiger partial charge on any atom is 0.508 e. The Morgan fingerprint density at radius 2 is 2.17 bits per heavy atom. The molecule has 5 heteroatoms. The van der Waals surface area contributed by atoms with E-state index in [4.69, 9.17) is 10.2 Å². The number of rotatable bonds is 5. The fourth-order valence-corrected chi connectivity index (χ4v) is 0.757. The Labute approximate surface area is 71.6 Å². The van der Waals surface area contributed by atoms with E-state index in [1.54, 1.807) is 0 Å². The standard InChI is InChI=1S/C7H15NO4/c1-8(2)5-3-4-6(9)12-7(10)11/h6,9H,3-5H2,1-2H3,(H,10,11). The van der Waals surface area contributed by atoms with Crippen molar-refractivity contribution in [2.24, 2.45) is 0 Å². The first-order valence-electron chi connectivity index (χ1n) is 3.74. The summed E-state index contributed by atoms with van der Waals surface area (Å²) in [5.41, 5.74) is 0. The van der Waals surface area contributed by atoms with Crippen molar-refractivity contribution in [2.45, 2.75) is 19.1 Å². The van der Waals surface area contributed by atoms with Crippen LogP contribution in [0.15, 0.2) is 0 Å². The van der Waals surface area contributed by atoms with Gasteiger partial charge in [0.1, 0.15) is 0 Å². The largest absolute Gasteiger partial charge is 0.508 e. The quantitative estimate of drug-likeness (QED) is 0.468. The minimum Gasteiger partial charge on any atom is -0.450 e. The van der Waals surface area contributed by atoms with Crippen LogP contribution in [0.1, 0.15) is 12.8 Å². The van der Waals surface area contributed by atoms with Gasteiger partial charge in [0.25, 0.3) is 0 Å². The van der Waals surface area contributed by atoms with E-state index in [1.807, 2.05) is 19.0 Å². The average Bonchev–Trinajstić information content (AvgIpc) is 1.84. The van der Waals surface area contributed by atoms with Gasteiger partial charge in [-0.2, -0.15) is 0 Å². The molecule has 0 saturated carbocycles. The molecule has 0 aliphatic carbocycles. The first kappa shape index (κ1) is 11.2. The van der Waals surface area contributed by atoms with Crippen molar-refractivity contribution < 1.29 is 19.7 Å². The molecule has 0 aromatic heterocycles. The molecule has 0 spiro atoms. The predicted octanol–water partition coefficient (Wildman–Crippen LogP) is 0.341. The van der Waals surface area contributed by atoms with Gasteiger partial charge in [0.2, 0.25) is 6.29 Å². The van der Waals surface area contributed by atoms with Gasteiger partial charge in [0, 0.05) is 6.42 Å². The van der Waals surface area contributed by atoms with Crippen LogP contribution in [0.4, 0.5) is 4.79 Å². The first-order chi connectivity index (χ1) is 5.52. The Morgan fingerprint density at radius 3 is 2.58 bits per heavy atom. The lowest BCUT2D eigenvalue weighted by Crippen LogP contribution is -2.19. The minimum absolute atomic E-state index is 0.338. The Morgan fingerprint density at radius 1 is 1.58 bits per heavy atom. The molecule has 0 heterocycles. The van der Waals surface area contributed by atoms with E-state index in [0.29, 0.717) is 12.8 Å². The summed E-state index contributed by atoms with van der Waals surface area (Å²) in [6.45, 7) is 0.806. The van der Waals surface area contributed by atoms with Crippen LogP contribution in [0.3, 0.4) is 0 Å². The molecule has 0 bridgehead atoms. The van der Waals surface area contributed by atoms with Gasteiger partial charge in [-0.3, -0.25) is 0 Å². The smallest absolute Gasteiger partial charge is 0.450 e. The normalized spacial score (nSPS) is 13.0. The van der Waals surface area contributed by atoms with Gasteiger partial charge in [-0.05, 0) is 27.1 Å². The lowest BCUT2D eigenvalue weighted by molar-refractivity contribution is -0.0756. The molecule has 0 rings (SSSR count). The fourth-order valence-electron chi connectivity index (χ4n) is 0.757. The van der Waals surface area contributed by atoms with E-state index in [2.05, 4.69) is 4.74 Å². The molecule has 0 aromatic carbocycles. The van der Waals surface area contributed by atoms with E-state index < -0.39 is 12.4 Å². The topological polar surface area (TPSA) is 70.0 Å². The predicted molar refractivity (Wildman–Crippen MR) is 42.9 cm³/mol. The molecule has 0 aromatic rings. The van der Waals surface area contributed by atoms with Crippen LogP contribution in [0.2, 0.25) is 0 Å².